The maximum Gasteiger partial charge on any atom is 0.416 e. The van der Waals surface area contributed by atoms with E-state index in [0.29, 0.717) is 0 Å². The van der Waals surface area contributed by atoms with Gasteiger partial charge in [-0.05, 0) is 17.7 Å². The Morgan fingerprint density at radius 3 is 2.55 bits per heavy atom. The van der Waals surface area contributed by atoms with Gasteiger partial charge in [-0.3, -0.25) is 4.79 Å². The molecule has 0 bridgehead atoms. The zero-order valence-corrected chi connectivity index (χ0v) is 10.2. The lowest BCUT2D eigenvalue weighted by molar-refractivity contribution is -0.143. The third-order valence-corrected chi connectivity index (χ3v) is 2.20. The second-order valence-electron chi connectivity index (χ2n) is 3.86. The summed E-state index contributed by atoms with van der Waals surface area (Å²) in [6.45, 7) is -1.18. The minimum atomic E-state index is -4.44. The fourth-order valence-corrected chi connectivity index (χ4v) is 1.34. The number of benzene rings is 1. The molecule has 0 aliphatic heterocycles. The smallest absolute Gasteiger partial charge is 0.416 e. The fourth-order valence-electron chi connectivity index (χ4n) is 1.34. The van der Waals surface area contributed by atoms with Gasteiger partial charge in [-0.1, -0.05) is 12.1 Å². The van der Waals surface area contributed by atoms with Crippen LogP contribution in [0.15, 0.2) is 24.3 Å². The van der Waals surface area contributed by atoms with E-state index < -0.39 is 36.8 Å². The van der Waals surface area contributed by atoms with Crippen molar-refractivity contribution in [3.8, 4) is 0 Å². The Morgan fingerprint density at radius 2 is 1.95 bits per heavy atom. The van der Waals surface area contributed by atoms with Gasteiger partial charge in [0.2, 0.25) is 5.91 Å². The minimum absolute atomic E-state index is 0.0980. The van der Waals surface area contributed by atoms with Crippen LogP contribution in [0.5, 0.6) is 0 Å². The van der Waals surface area contributed by atoms with E-state index in [4.69, 9.17) is 5.11 Å². The second-order valence-corrected chi connectivity index (χ2v) is 3.86. The minimum Gasteiger partial charge on any atom is -0.480 e. The van der Waals surface area contributed by atoms with E-state index in [-0.39, 0.29) is 12.1 Å². The van der Waals surface area contributed by atoms with Gasteiger partial charge < -0.3 is 15.2 Å². The number of nitrogens with one attached hydrogen (secondary N) is 1. The summed E-state index contributed by atoms with van der Waals surface area (Å²) in [4.78, 5) is 21.4. The predicted molar refractivity (Wildman–Crippen MR) is 61.7 cm³/mol. The van der Waals surface area contributed by atoms with Gasteiger partial charge in [-0.25, -0.2) is 4.79 Å². The van der Waals surface area contributed by atoms with Gasteiger partial charge >= 0.3 is 12.1 Å². The first kappa shape index (κ1) is 16.0. The maximum absolute atomic E-state index is 12.4. The number of halogens is 3. The zero-order chi connectivity index (χ0) is 15.2. The Kier molecular flexibility index (Phi) is 5.51. The molecule has 0 radical (unpaired) electrons. The summed E-state index contributed by atoms with van der Waals surface area (Å²) >= 11 is 0. The fraction of sp³-hybridized carbons (Fsp3) is 0.333. The predicted octanol–water partition coefficient (Wildman–Crippen LogP) is 1.42. The van der Waals surface area contributed by atoms with Crippen LogP contribution in [0.25, 0.3) is 0 Å². The molecule has 0 saturated carbocycles. The highest BCUT2D eigenvalue weighted by Gasteiger charge is 2.30. The van der Waals surface area contributed by atoms with Crippen molar-refractivity contribution in [2.75, 3.05) is 13.2 Å². The third-order valence-electron chi connectivity index (χ3n) is 2.20. The summed E-state index contributed by atoms with van der Waals surface area (Å²) in [5.74, 6) is -1.82. The molecular weight excluding hydrogens is 279 g/mol. The van der Waals surface area contributed by atoms with Crippen LogP contribution in [0.1, 0.15) is 11.1 Å². The van der Waals surface area contributed by atoms with Crippen molar-refractivity contribution in [3.05, 3.63) is 35.4 Å². The number of amides is 1. The highest BCUT2D eigenvalue weighted by atomic mass is 19.4. The van der Waals surface area contributed by atoms with E-state index in [9.17, 15) is 22.8 Å². The second kappa shape index (κ2) is 6.90. The van der Waals surface area contributed by atoms with E-state index >= 15 is 0 Å². The number of rotatable bonds is 6. The Balaban J connectivity index is 2.45. The lowest BCUT2D eigenvalue weighted by Gasteiger charge is -2.09. The highest BCUT2D eigenvalue weighted by Crippen LogP contribution is 2.29. The van der Waals surface area contributed by atoms with Crippen LogP contribution < -0.4 is 5.32 Å². The van der Waals surface area contributed by atoms with Gasteiger partial charge in [0.15, 0.2) is 0 Å². The molecule has 1 amide bonds. The number of carbonyl (C=O) groups excluding carboxylic acids is 1. The van der Waals surface area contributed by atoms with Crippen LogP contribution in [-0.4, -0.2) is 30.2 Å². The zero-order valence-electron chi connectivity index (χ0n) is 10.2. The molecule has 20 heavy (non-hydrogen) atoms. The van der Waals surface area contributed by atoms with Crippen molar-refractivity contribution < 1.29 is 32.6 Å². The van der Waals surface area contributed by atoms with Crippen LogP contribution in [0.3, 0.4) is 0 Å². The SMILES string of the molecule is O=C(O)COCC(=O)NCc1cccc(C(F)(F)F)c1. The van der Waals surface area contributed by atoms with Gasteiger partial charge in [-0.15, -0.1) is 0 Å². The van der Waals surface area contributed by atoms with E-state index in [1.54, 1.807) is 0 Å². The topological polar surface area (TPSA) is 75.6 Å². The lowest BCUT2D eigenvalue weighted by atomic mass is 10.1. The van der Waals surface area contributed by atoms with Crippen molar-refractivity contribution in [1.82, 2.24) is 5.32 Å². The van der Waals surface area contributed by atoms with Gasteiger partial charge in [0.1, 0.15) is 13.2 Å². The van der Waals surface area contributed by atoms with Crippen molar-refractivity contribution in [2.45, 2.75) is 12.7 Å². The molecule has 0 aliphatic carbocycles. The number of aliphatic carboxylic acids is 1. The van der Waals surface area contributed by atoms with Gasteiger partial charge in [-0.2, -0.15) is 13.2 Å². The number of hydrogen-bond acceptors (Lipinski definition) is 3. The van der Waals surface area contributed by atoms with E-state index in [0.717, 1.165) is 12.1 Å². The van der Waals surface area contributed by atoms with Crippen molar-refractivity contribution >= 4 is 11.9 Å². The molecule has 0 aromatic heterocycles. The first-order valence-corrected chi connectivity index (χ1v) is 5.51. The molecule has 0 unspecified atom stereocenters. The van der Waals surface area contributed by atoms with E-state index in [1.807, 2.05) is 0 Å². The monoisotopic (exact) mass is 291 g/mol. The standard InChI is InChI=1S/C12H12F3NO4/c13-12(14,15)9-3-1-2-8(4-9)5-16-10(17)6-20-7-11(18)19/h1-4H,5-7H2,(H,16,17)(H,18,19). The Bertz CT molecular complexity index is 488. The summed E-state index contributed by atoms with van der Waals surface area (Å²) in [6, 6.07) is 4.54. The highest BCUT2D eigenvalue weighted by molar-refractivity contribution is 5.77. The van der Waals surface area contributed by atoms with Gasteiger partial charge in [0.25, 0.3) is 0 Å². The third kappa shape index (κ3) is 5.70. The van der Waals surface area contributed by atoms with Gasteiger partial charge in [0.05, 0.1) is 5.56 Å². The molecule has 1 rings (SSSR count). The van der Waals surface area contributed by atoms with Gasteiger partial charge in [0, 0.05) is 6.54 Å². The molecule has 0 atom stereocenters. The summed E-state index contributed by atoms with van der Waals surface area (Å²) < 4.78 is 41.9. The van der Waals surface area contributed by atoms with E-state index in [2.05, 4.69) is 10.1 Å². The molecule has 0 fully saturated rings. The van der Waals surface area contributed by atoms with Crippen molar-refractivity contribution in [3.63, 3.8) is 0 Å². The number of carboxylic acids is 1. The summed E-state index contributed by atoms with van der Waals surface area (Å²) in [7, 11) is 0. The Hall–Kier alpha value is -2.09. The number of ether oxygens (including phenoxy) is 1. The van der Waals surface area contributed by atoms with Crippen LogP contribution in [0.2, 0.25) is 0 Å². The van der Waals surface area contributed by atoms with Crippen molar-refractivity contribution in [2.24, 2.45) is 0 Å². The quantitative estimate of drug-likeness (QED) is 0.831. The average molecular weight is 291 g/mol. The lowest BCUT2D eigenvalue weighted by Crippen LogP contribution is -2.28. The Morgan fingerprint density at radius 1 is 1.25 bits per heavy atom. The molecule has 0 heterocycles. The largest absolute Gasteiger partial charge is 0.480 e. The number of carbonyl (C=O) groups is 2. The first-order valence-electron chi connectivity index (χ1n) is 5.51. The number of carboxylic acid groups (broad SMARTS) is 1. The molecule has 0 aliphatic rings. The molecule has 1 aromatic rings. The molecule has 8 heteroatoms. The maximum atomic E-state index is 12.4. The molecule has 110 valence electrons. The molecule has 0 saturated heterocycles. The van der Waals surface area contributed by atoms with Crippen molar-refractivity contribution in [1.29, 1.82) is 0 Å². The molecule has 2 N–H and O–H groups in total. The summed E-state index contributed by atoms with van der Waals surface area (Å²) in [6.07, 6.45) is -4.44. The first-order chi connectivity index (χ1) is 9.29. The summed E-state index contributed by atoms with van der Waals surface area (Å²) in [5, 5.41) is 10.6. The molecule has 5 nitrogen and oxygen atoms in total. The summed E-state index contributed by atoms with van der Waals surface area (Å²) in [5.41, 5.74) is -0.516. The van der Waals surface area contributed by atoms with Crippen LogP contribution in [0, 0.1) is 0 Å². The molecule has 0 spiro atoms. The Labute approximate surface area is 112 Å². The number of alkyl halides is 3. The average Bonchev–Trinajstić information content (AvgIpc) is 2.35. The van der Waals surface area contributed by atoms with Crippen LogP contribution >= 0.6 is 0 Å². The molecule has 1 aromatic carbocycles. The number of hydrogen-bond donors (Lipinski definition) is 2. The van der Waals surface area contributed by atoms with E-state index in [1.165, 1.54) is 12.1 Å². The van der Waals surface area contributed by atoms with Crippen LogP contribution in [-0.2, 0) is 27.0 Å². The molecular formula is C12H12F3NO4. The van der Waals surface area contributed by atoms with Crippen LogP contribution in [0.4, 0.5) is 13.2 Å². The normalized spacial score (nSPS) is 11.2.